The summed E-state index contributed by atoms with van der Waals surface area (Å²) in [7, 11) is -11.0. The number of hydrogen-bond acceptors (Lipinski definition) is 16. The van der Waals surface area contributed by atoms with Crippen LogP contribution >= 0.6 is 11.8 Å². The Hall–Kier alpha value is -6.31. The van der Waals surface area contributed by atoms with Crippen LogP contribution in [-0.2, 0) is 29.4 Å². The molecule has 24 heteroatoms. The molecule has 3 saturated heterocycles. The fourth-order valence-corrected chi connectivity index (χ4v) is 17.6. The van der Waals surface area contributed by atoms with Crippen molar-refractivity contribution < 1.29 is 54.0 Å². The lowest BCUT2D eigenvalue weighted by Gasteiger charge is -2.73. The SMILES string of the molecule is CCC12CC(C3=C(CN4CCN(c5ccc(C(=O)NS(=O)(=O)c6ccc(N[C@H](CCN7CCN(CCCCCNc8cccc9c8C(=O)N(C8CCC(=O)NC8=O)C9=O)CC7)CSc7ccccc7)c(S(=O)(=O)C(F)(F)F)c6)cc5)CC4)CCC(C)(C)C3)(C1)C2. The van der Waals surface area contributed by atoms with E-state index in [4.69, 9.17) is 0 Å². The standard InChI is InChI=1S/C66H82F3N9O9S3/c1-4-64-42-65(43-64,44-64)52-39-63(2,3)26-24-46(52)40-76-34-36-77(37-35-76)48-18-16-45(17-19-48)59(80)73-90(86,87)50-20-21-53(56(38-50)89(84,85)66(67,68)69)71-47(41-88-49-12-7-5-8-13-49)25-29-75-32-30-74(31-33-75)28-10-6-9-27-70-54-15-11-14-51-58(54)62(83)78(61(51)82)55-22-23-57(79)72-60(55)81/h5,7-8,11-21,38,47,55,70-71H,4,6,9-10,22-37,39-44H2,1-3H3,(H,73,80)(H,72,79,81)/t47-,55?,64?,65?/m1/s1. The number of alkyl halides is 3. The van der Waals surface area contributed by atoms with Crippen LogP contribution in [0.25, 0.3) is 0 Å². The van der Waals surface area contributed by atoms with E-state index in [0.29, 0.717) is 66.4 Å². The third kappa shape index (κ3) is 14.0. The maximum absolute atomic E-state index is 14.5. The second kappa shape index (κ2) is 26.4. The summed E-state index contributed by atoms with van der Waals surface area (Å²) in [6, 6.07) is 21.7. The lowest BCUT2D eigenvalue weighted by atomic mass is 9.31. The maximum Gasteiger partial charge on any atom is 0.501 e. The quantitative estimate of drug-likeness (QED) is 0.0210. The molecule has 484 valence electrons. The number of rotatable bonds is 25. The van der Waals surface area contributed by atoms with E-state index >= 15 is 0 Å². The van der Waals surface area contributed by atoms with E-state index in [1.807, 2.05) is 35.1 Å². The molecule has 4 aliphatic heterocycles. The number of hydrogen-bond donors (Lipinski definition) is 4. The molecule has 3 saturated carbocycles. The Labute approximate surface area is 530 Å². The molecule has 8 aliphatic rings. The van der Waals surface area contributed by atoms with E-state index in [1.165, 1.54) is 62.4 Å². The van der Waals surface area contributed by atoms with E-state index in [1.54, 1.807) is 41.5 Å². The molecule has 0 spiro atoms. The number of sulfone groups is 1. The number of amides is 5. The fourth-order valence-electron chi connectivity index (χ4n) is 14.6. The summed E-state index contributed by atoms with van der Waals surface area (Å²) < 4.78 is 99.9. The van der Waals surface area contributed by atoms with Crippen molar-refractivity contribution in [2.75, 3.05) is 99.8 Å². The van der Waals surface area contributed by atoms with Gasteiger partial charge in [-0.1, -0.05) is 69.0 Å². The van der Waals surface area contributed by atoms with Crippen LogP contribution in [0, 0.1) is 16.2 Å². The average Bonchev–Trinajstić information content (AvgIpc) is 0.793. The Morgan fingerprint density at radius 2 is 1.46 bits per heavy atom. The topological polar surface area (TPSA) is 218 Å². The molecular formula is C66H82F3N9O9S3. The van der Waals surface area contributed by atoms with Gasteiger partial charge in [-0.15, -0.1) is 11.8 Å². The molecule has 6 fully saturated rings. The van der Waals surface area contributed by atoms with Crippen molar-refractivity contribution in [2.24, 2.45) is 16.2 Å². The van der Waals surface area contributed by atoms with E-state index < -0.39 is 82.5 Å². The molecular weight excluding hydrogens is 1220 g/mol. The second-order valence-electron chi connectivity index (χ2n) is 26.5. The van der Waals surface area contributed by atoms with Crippen LogP contribution < -0.4 is 25.6 Å². The Morgan fingerprint density at radius 1 is 0.767 bits per heavy atom. The molecule has 18 nitrogen and oxygen atoms in total. The van der Waals surface area contributed by atoms with Crippen molar-refractivity contribution in [3.63, 3.8) is 0 Å². The van der Waals surface area contributed by atoms with E-state index in [0.717, 1.165) is 106 Å². The number of nitrogens with zero attached hydrogens (tertiary/aromatic N) is 5. The smallest absolute Gasteiger partial charge is 0.384 e. The highest BCUT2D eigenvalue weighted by Crippen LogP contribution is 2.79. The van der Waals surface area contributed by atoms with Gasteiger partial charge in [-0.2, -0.15) is 13.2 Å². The maximum atomic E-state index is 14.5. The molecule has 4 aromatic carbocycles. The zero-order chi connectivity index (χ0) is 63.8. The van der Waals surface area contributed by atoms with Gasteiger partial charge in [0.1, 0.15) is 10.9 Å². The molecule has 12 rings (SSSR count). The molecule has 90 heavy (non-hydrogen) atoms. The Bertz CT molecular complexity index is 3630. The van der Waals surface area contributed by atoms with Crippen molar-refractivity contribution in [3.05, 3.63) is 119 Å². The molecule has 0 radical (unpaired) electrons. The Morgan fingerprint density at radius 3 is 2.13 bits per heavy atom. The number of thioether (sulfide) groups is 1. The van der Waals surface area contributed by atoms with Crippen LogP contribution in [0.5, 0.6) is 0 Å². The third-order valence-corrected chi connectivity index (χ3v) is 23.9. The van der Waals surface area contributed by atoms with Gasteiger partial charge in [0.05, 0.1) is 21.7 Å². The van der Waals surface area contributed by atoms with Crippen LogP contribution in [0.4, 0.5) is 30.2 Å². The number of imide groups is 2. The first-order valence-electron chi connectivity index (χ1n) is 31.6. The monoisotopic (exact) mass is 1300 g/mol. The van der Waals surface area contributed by atoms with Crippen LogP contribution in [0.3, 0.4) is 0 Å². The predicted molar refractivity (Wildman–Crippen MR) is 341 cm³/mol. The number of piperidine rings is 1. The highest BCUT2D eigenvalue weighted by atomic mass is 32.2. The number of unbranched alkanes of at least 4 members (excludes halogenated alkanes) is 2. The van der Waals surface area contributed by atoms with Crippen molar-refractivity contribution in [3.8, 4) is 0 Å². The molecule has 2 bridgehead atoms. The van der Waals surface area contributed by atoms with Gasteiger partial charge in [0, 0.05) is 112 Å². The van der Waals surface area contributed by atoms with Gasteiger partial charge in [0.15, 0.2) is 0 Å². The van der Waals surface area contributed by atoms with Crippen molar-refractivity contribution in [2.45, 2.75) is 137 Å². The molecule has 2 atom stereocenters. The number of anilines is 3. The van der Waals surface area contributed by atoms with Gasteiger partial charge in [-0.3, -0.25) is 39.1 Å². The van der Waals surface area contributed by atoms with Crippen LogP contribution in [0.1, 0.15) is 135 Å². The number of benzene rings is 4. The summed E-state index contributed by atoms with van der Waals surface area (Å²) in [6.45, 7) is 16.3. The number of nitrogens with one attached hydrogen (secondary N) is 4. The van der Waals surface area contributed by atoms with Crippen LogP contribution in [0.15, 0.2) is 117 Å². The molecule has 0 aromatic heterocycles. The summed E-state index contributed by atoms with van der Waals surface area (Å²) >= 11 is 1.44. The molecule has 5 amide bonds. The first-order chi connectivity index (χ1) is 42.9. The first-order valence-corrected chi connectivity index (χ1v) is 35.6. The number of fused-ring (bicyclic) bond motifs is 1. The second-order valence-corrected chi connectivity index (χ2v) is 31.2. The van der Waals surface area contributed by atoms with Gasteiger partial charge < -0.3 is 25.3 Å². The first kappa shape index (κ1) is 65.2. The molecule has 4 heterocycles. The number of sulfonamides is 1. The van der Waals surface area contributed by atoms with Gasteiger partial charge >= 0.3 is 5.51 Å². The lowest BCUT2D eigenvalue weighted by molar-refractivity contribution is -0.182. The Balaban J connectivity index is 0.667. The lowest BCUT2D eigenvalue weighted by Crippen LogP contribution is -2.63. The highest BCUT2D eigenvalue weighted by molar-refractivity contribution is 7.99. The number of halogens is 3. The van der Waals surface area contributed by atoms with Gasteiger partial charge in [-0.25, -0.2) is 21.6 Å². The highest BCUT2D eigenvalue weighted by Gasteiger charge is 2.68. The number of allylic oxidation sites excluding steroid dienone is 1. The van der Waals surface area contributed by atoms with Crippen LogP contribution in [0.2, 0.25) is 0 Å². The summed E-state index contributed by atoms with van der Waals surface area (Å²) in [5.74, 6) is -2.94. The van der Waals surface area contributed by atoms with E-state index in [2.05, 4.69) is 56.3 Å². The molecule has 4 aliphatic carbocycles. The minimum Gasteiger partial charge on any atom is -0.384 e. The number of carbonyl (C=O) groups is 5. The van der Waals surface area contributed by atoms with E-state index in [-0.39, 0.29) is 29.5 Å². The zero-order valence-corrected chi connectivity index (χ0v) is 53.9. The largest absolute Gasteiger partial charge is 0.501 e. The zero-order valence-electron chi connectivity index (χ0n) is 51.5. The van der Waals surface area contributed by atoms with Crippen molar-refractivity contribution in [1.29, 1.82) is 0 Å². The molecule has 4 N–H and O–H groups in total. The predicted octanol–water partition coefficient (Wildman–Crippen LogP) is 9.57. The summed E-state index contributed by atoms with van der Waals surface area (Å²) in [5.41, 5.74) is 0.333. The summed E-state index contributed by atoms with van der Waals surface area (Å²) in [6.07, 6.45) is 11.9. The van der Waals surface area contributed by atoms with Crippen molar-refractivity contribution >= 4 is 78.2 Å². The summed E-state index contributed by atoms with van der Waals surface area (Å²) in [5, 5.41) is 8.57. The minimum atomic E-state index is -6.12. The molecule has 1 unspecified atom stereocenters. The van der Waals surface area contributed by atoms with Crippen LogP contribution in [-0.4, -0.2) is 168 Å². The minimum absolute atomic E-state index is 0.0000968. The van der Waals surface area contributed by atoms with Gasteiger partial charge in [-0.05, 0) is 154 Å². The van der Waals surface area contributed by atoms with Gasteiger partial charge in [0.25, 0.3) is 37.6 Å². The fraction of sp³-hybridized carbons (Fsp3) is 0.530. The van der Waals surface area contributed by atoms with E-state index in [9.17, 15) is 54.0 Å². The average molecular weight is 1300 g/mol. The molecule has 4 aromatic rings. The van der Waals surface area contributed by atoms with Crippen molar-refractivity contribution in [1.82, 2.24) is 29.6 Å². The Kier molecular flexibility index (Phi) is 19.1. The number of piperazine rings is 2. The third-order valence-electron chi connectivity index (χ3n) is 19.8. The normalized spacial score (nSPS) is 23.6. The number of carbonyl (C=O) groups excluding carboxylic acids is 5. The summed E-state index contributed by atoms with van der Waals surface area (Å²) in [4.78, 5) is 73.7. The van der Waals surface area contributed by atoms with Gasteiger partial charge in [0.2, 0.25) is 11.8 Å².